The maximum absolute atomic E-state index is 13.1. The van der Waals surface area contributed by atoms with Gasteiger partial charge in [-0.05, 0) is 48.6 Å². The molecule has 0 radical (unpaired) electrons. The maximum atomic E-state index is 13.1. The number of carbonyl (C=O) groups excluding carboxylic acids is 2. The number of Topliss-reactive ketones (excluding diaryl/α,β-unsaturated/α-hetero) is 1. The minimum Gasteiger partial charge on any atom is -0.485 e. The Kier molecular flexibility index (Phi) is 7.27. The van der Waals surface area contributed by atoms with Crippen LogP contribution in [0.4, 0.5) is 0 Å². The molecular weight excluding hydrogens is 444 g/mol. The summed E-state index contributed by atoms with van der Waals surface area (Å²) in [5.74, 6) is 0.346. The standard InChI is InChI=1S/C28H32N2O5/c31-24-19-28(14-16-30(20-28)15-13-21-6-2-1-3-7-21)34-25-11-9-22(18-23(24)25)10-12-26(32)29-35-27-8-4-5-17-33-27/h1-3,6-7,9-12,18,27H,4-5,8,13-17,19-20H2,(H,29,32). The van der Waals surface area contributed by atoms with Crippen LogP contribution in [0.15, 0.2) is 54.6 Å². The molecule has 35 heavy (non-hydrogen) atoms. The van der Waals surface area contributed by atoms with E-state index in [4.69, 9.17) is 14.3 Å². The predicted molar refractivity (Wildman–Crippen MR) is 132 cm³/mol. The van der Waals surface area contributed by atoms with Crippen LogP contribution in [0.25, 0.3) is 6.08 Å². The number of hydrogen-bond acceptors (Lipinski definition) is 6. The molecular formula is C28H32N2O5. The van der Waals surface area contributed by atoms with Gasteiger partial charge in [-0.15, -0.1) is 0 Å². The Bertz CT molecular complexity index is 1080. The molecule has 3 aliphatic heterocycles. The predicted octanol–water partition coefficient (Wildman–Crippen LogP) is 3.93. The van der Waals surface area contributed by atoms with Crippen LogP contribution in [-0.4, -0.2) is 54.7 Å². The number of rotatable bonds is 7. The molecule has 2 saturated heterocycles. The Morgan fingerprint density at radius 3 is 2.91 bits per heavy atom. The quantitative estimate of drug-likeness (QED) is 0.482. The van der Waals surface area contributed by atoms with Crippen LogP contribution >= 0.6 is 0 Å². The van der Waals surface area contributed by atoms with E-state index in [1.165, 1.54) is 11.6 Å². The van der Waals surface area contributed by atoms with Gasteiger partial charge in [0.15, 0.2) is 12.1 Å². The van der Waals surface area contributed by atoms with Crippen LogP contribution in [0.1, 0.15) is 53.6 Å². The van der Waals surface area contributed by atoms with E-state index in [-0.39, 0.29) is 11.7 Å². The highest BCUT2D eigenvalue weighted by Crippen LogP contribution is 2.39. The molecule has 1 N–H and O–H groups in total. The Hall–Kier alpha value is -3.00. The summed E-state index contributed by atoms with van der Waals surface area (Å²) in [5.41, 5.74) is 4.62. The first-order chi connectivity index (χ1) is 17.1. The Balaban J connectivity index is 1.16. The average Bonchev–Trinajstić information content (AvgIpc) is 3.28. The summed E-state index contributed by atoms with van der Waals surface area (Å²) in [6.45, 7) is 3.30. The third-order valence-corrected chi connectivity index (χ3v) is 6.92. The third kappa shape index (κ3) is 5.99. The van der Waals surface area contributed by atoms with Crippen molar-refractivity contribution >= 4 is 17.8 Å². The third-order valence-electron chi connectivity index (χ3n) is 6.92. The van der Waals surface area contributed by atoms with E-state index in [9.17, 15) is 9.59 Å². The molecule has 0 bridgehead atoms. The van der Waals surface area contributed by atoms with Gasteiger partial charge in [0.05, 0.1) is 12.0 Å². The minimum absolute atomic E-state index is 0.0913. The summed E-state index contributed by atoms with van der Waals surface area (Å²) in [6, 6.07) is 16.0. The van der Waals surface area contributed by atoms with Crippen molar-refractivity contribution in [2.75, 3.05) is 26.2 Å². The number of benzene rings is 2. The molecule has 1 spiro atoms. The zero-order valence-corrected chi connectivity index (χ0v) is 19.9. The van der Waals surface area contributed by atoms with Gasteiger partial charge in [0.2, 0.25) is 0 Å². The first kappa shape index (κ1) is 23.7. The minimum atomic E-state index is -0.448. The van der Waals surface area contributed by atoms with E-state index in [1.54, 1.807) is 12.1 Å². The number of hydroxylamine groups is 1. The smallest absolute Gasteiger partial charge is 0.267 e. The number of ketones is 1. The van der Waals surface area contributed by atoms with Crippen molar-refractivity contribution in [3.63, 3.8) is 0 Å². The van der Waals surface area contributed by atoms with E-state index in [0.29, 0.717) is 24.3 Å². The summed E-state index contributed by atoms with van der Waals surface area (Å²) in [5, 5.41) is 0. The van der Waals surface area contributed by atoms with E-state index >= 15 is 0 Å². The van der Waals surface area contributed by atoms with Gasteiger partial charge in [-0.3, -0.25) is 14.5 Å². The fourth-order valence-electron chi connectivity index (χ4n) is 5.03. The Morgan fingerprint density at radius 2 is 2.09 bits per heavy atom. The van der Waals surface area contributed by atoms with E-state index in [1.807, 2.05) is 18.2 Å². The van der Waals surface area contributed by atoms with Gasteiger partial charge in [0.25, 0.3) is 5.91 Å². The van der Waals surface area contributed by atoms with Crippen molar-refractivity contribution in [2.45, 2.75) is 50.4 Å². The molecule has 1 amide bonds. The molecule has 7 heteroatoms. The second-order valence-corrected chi connectivity index (χ2v) is 9.62. The van der Waals surface area contributed by atoms with Crippen LogP contribution in [0, 0.1) is 0 Å². The summed E-state index contributed by atoms with van der Waals surface area (Å²) in [7, 11) is 0. The van der Waals surface area contributed by atoms with Crippen molar-refractivity contribution in [1.29, 1.82) is 0 Å². The van der Waals surface area contributed by atoms with Crippen LogP contribution in [0.3, 0.4) is 0 Å². The zero-order chi connectivity index (χ0) is 24.1. The zero-order valence-electron chi connectivity index (χ0n) is 19.9. The lowest BCUT2D eigenvalue weighted by Crippen LogP contribution is -2.44. The van der Waals surface area contributed by atoms with Crippen LogP contribution in [0.5, 0.6) is 5.75 Å². The number of carbonyl (C=O) groups is 2. The van der Waals surface area contributed by atoms with Crippen molar-refractivity contribution in [1.82, 2.24) is 10.4 Å². The number of likely N-dealkylation sites (tertiary alicyclic amines) is 1. The Morgan fingerprint density at radius 1 is 1.20 bits per heavy atom. The lowest BCUT2D eigenvalue weighted by Gasteiger charge is -2.35. The molecule has 0 aromatic heterocycles. The number of fused-ring (bicyclic) bond motifs is 1. The summed E-state index contributed by atoms with van der Waals surface area (Å²) in [6.07, 6.45) is 7.69. The first-order valence-corrected chi connectivity index (χ1v) is 12.5. The number of hydrogen-bond donors (Lipinski definition) is 1. The molecule has 3 aliphatic rings. The van der Waals surface area contributed by atoms with Gasteiger partial charge < -0.3 is 9.47 Å². The molecule has 3 heterocycles. The van der Waals surface area contributed by atoms with E-state index in [0.717, 1.165) is 57.3 Å². The van der Waals surface area contributed by atoms with Gasteiger partial charge in [-0.25, -0.2) is 10.3 Å². The largest absolute Gasteiger partial charge is 0.485 e. The van der Waals surface area contributed by atoms with Crippen molar-refractivity contribution < 1.29 is 23.9 Å². The van der Waals surface area contributed by atoms with Gasteiger partial charge >= 0.3 is 0 Å². The molecule has 2 aromatic rings. The van der Waals surface area contributed by atoms with Gasteiger partial charge in [-0.2, -0.15) is 0 Å². The van der Waals surface area contributed by atoms with Crippen LogP contribution < -0.4 is 10.2 Å². The molecule has 184 valence electrons. The summed E-state index contributed by atoms with van der Waals surface area (Å²) >= 11 is 0. The fourth-order valence-corrected chi connectivity index (χ4v) is 5.03. The SMILES string of the molecule is O=C(C=Cc1ccc2c(c1)C(=O)CC1(CCN(CCc3ccccc3)C1)O2)NOC1CCCCO1. The van der Waals surface area contributed by atoms with Crippen molar-refractivity contribution in [3.8, 4) is 5.75 Å². The highest BCUT2D eigenvalue weighted by Gasteiger charge is 2.45. The topological polar surface area (TPSA) is 77.1 Å². The summed E-state index contributed by atoms with van der Waals surface area (Å²) in [4.78, 5) is 32.8. The van der Waals surface area contributed by atoms with Crippen molar-refractivity contribution in [2.24, 2.45) is 0 Å². The van der Waals surface area contributed by atoms with Gasteiger partial charge in [0, 0.05) is 45.2 Å². The fraction of sp³-hybridized carbons (Fsp3) is 0.429. The molecule has 5 rings (SSSR count). The molecule has 2 atom stereocenters. The van der Waals surface area contributed by atoms with Gasteiger partial charge in [0.1, 0.15) is 11.4 Å². The maximum Gasteiger partial charge on any atom is 0.267 e. The number of amides is 1. The lowest BCUT2D eigenvalue weighted by molar-refractivity contribution is -0.198. The number of ether oxygens (including phenoxy) is 2. The normalized spacial score (nSPS) is 24.5. The van der Waals surface area contributed by atoms with E-state index in [2.05, 4.69) is 34.6 Å². The number of nitrogens with zero attached hydrogens (tertiary/aromatic N) is 1. The van der Waals surface area contributed by atoms with E-state index < -0.39 is 11.9 Å². The average molecular weight is 477 g/mol. The van der Waals surface area contributed by atoms with Crippen LogP contribution in [0.2, 0.25) is 0 Å². The van der Waals surface area contributed by atoms with Crippen molar-refractivity contribution in [3.05, 3.63) is 71.3 Å². The highest BCUT2D eigenvalue weighted by atomic mass is 16.8. The van der Waals surface area contributed by atoms with Gasteiger partial charge in [-0.1, -0.05) is 36.4 Å². The molecule has 0 aliphatic carbocycles. The lowest BCUT2D eigenvalue weighted by atomic mass is 9.88. The highest BCUT2D eigenvalue weighted by molar-refractivity contribution is 6.01. The molecule has 0 saturated carbocycles. The van der Waals surface area contributed by atoms with Crippen LogP contribution in [-0.2, 0) is 20.8 Å². The summed E-state index contributed by atoms with van der Waals surface area (Å²) < 4.78 is 11.8. The molecule has 2 fully saturated rings. The molecule has 2 aromatic carbocycles. The Labute approximate surface area is 206 Å². The number of nitrogens with one attached hydrogen (secondary N) is 1. The first-order valence-electron chi connectivity index (χ1n) is 12.5. The second-order valence-electron chi connectivity index (χ2n) is 9.62. The molecule has 7 nitrogen and oxygen atoms in total. The second kappa shape index (κ2) is 10.7. The molecule has 2 unspecified atom stereocenters. The monoisotopic (exact) mass is 476 g/mol.